The maximum Gasteiger partial charge on any atom is 0.138 e. The van der Waals surface area contributed by atoms with Crippen molar-refractivity contribution in [3.63, 3.8) is 0 Å². The Balaban J connectivity index is 1.85. The van der Waals surface area contributed by atoms with Gasteiger partial charge in [0.2, 0.25) is 0 Å². The second kappa shape index (κ2) is 4.06. The second-order valence-electron chi connectivity index (χ2n) is 4.12. The molecule has 3 rings (SSSR count). The lowest BCUT2D eigenvalue weighted by Gasteiger charge is -2.24. The molecule has 0 bridgehead atoms. The Bertz CT molecular complexity index is 361. The molecule has 0 aromatic heterocycles. The zero-order valence-corrected chi connectivity index (χ0v) is 9.48. The predicted octanol–water partition coefficient (Wildman–Crippen LogP) is 2.94. The smallest absolute Gasteiger partial charge is 0.138 e. The highest BCUT2D eigenvalue weighted by Gasteiger charge is 2.18. The number of hydrogen-bond acceptors (Lipinski definition) is 3. The lowest BCUT2D eigenvalue weighted by Crippen LogP contribution is -2.26. The lowest BCUT2D eigenvalue weighted by atomic mass is 9.97. The van der Waals surface area contributed by atoms with Gasteiger partial charge in [-0.3, -0.25) is 0 Å². The topological polar surface area (TPSA) is 21.3 Å². The molecule has 1 N–H and O–H groups in total. The van der Waals surface area contributed by atoms with Gasteiger partial charge in [-0.25, -0.2) is 0 Å². The minimum absolute atomic E-state index is 0.560. The van der Waals surface area contributed by atoms with Gasteiger partial charge in [-0.1, -0.05) is 24.2 Å². The molecular formula is C12H15NOS. The quantitative estimate of drug-likeness (QED) is 0.788. The first-order valence-electron chi connectivity index (χ1n) is 5.56. The number of nitrogens with one attached hydrogen (secondary N) is 1. The normalized spacial score (nSPS) is 24.7. The van der Waals surface area contributed by atoms with E-state index in [9.17, 15) is 0 Å². The molecule has 1 fully saturated rings. The minimum atomic E-state index is 0.560. The van der Waals surface area contributed by atoms with Crippen molar-refractivity contribution in [3.05, 3.63) is 23.8 Å². The average Bonchev–Trinajstić information content (AvgIpc) is 2.77. The van der Waals surface area contributed by atoms with Crippen LogP contribution in [0, 0.1) is 0 Å². The van der Waals surface area contributed by atoms with Crippen LogP contribution in [0.15, 0.2) is 23.1 Å². The molecule has 15 heavy (non-hydrogen) atoms. The summed E-state index contributed by atoms with van der Waals surface area (Å²) in [5, 5.41) is 3.58. The molecule has 0 aliphatic carbocycles. The van der Waals surface area contributed by atoms with Crippen LogP contribution in [0.5, 0.6) is 5.75 Å². The van der Waals surface area contributed by atoms with Crippen LogP contribution in [-0.4, -0.2) is 12.5 Å². The molecule has 2 aliphatic heterocycles. The molecule has 1 aromatic rings. The van der Waals surface area contributed by atoms with Crippen molar-refractivity contribution in [1.82, 2.24) is 5.32 Å². The second-order valence-corrected chi connectivity index (χ2v) is 5.08. The summed E-state index contributed by atoms with van der Waals surface area (Å²) >= 11 is 1.80. The summed E-state index contributed by atoms with van der Waals surface area (Å²) in [4.78, 5) is 1.31. The molecular weight excluding hydrogens is 206 g/mol. The SMILES string of the molecule is c1cc2c(cc1C1CCCCN1)SCO2. The summed E-state index contributed by atoms with van der Waals surface area (Å²) in [6.45, 7) is 1.16. The van der Waals surface area contributed by atoms with Crippen LogP contribution in [0.4, 0.5) is 0 Å². The van der Waals surface area contributed by atoms with E-state index in [0.29, 0.717) is 6.04 Å². The monoisotopic (exact) mass is 221 g/mol. The molecule has 0 radical (unpaired) electrons. The molecule has 1 saturated heterocycles. The van der Waals surface area contributed by atoms with E-state index in [1.807, 2.05) is 0 Å². The maximum atomic E-state index is 5.48. The van der Waals surface area contributed by atoms with Crippen LogP contribution < -0.4 is 10.1 Å². The Morgan fingerprint density at radius 3 is 3.20 bits per heavy atom. The number of hydrogen-bond donors (Lipinski definition) is 1. The Labute approximate surface area is 94.4 Å². The van der Waals surface area contributed by atoms with Crippen molar-refractivity contribution >= 4 is 11.8 Å². The zero-order valence-electron chi connectivity index (χ0n) is 8.66. The van der Waals surface area contributed by atoms with Crippen molar-refractivity contribution in [2.75, 3.05) is 12.5 Å². The third-order valence-corrected chi connectivity index (χ3v) is 3.98. The number of piperidine rings is 1. The van der Waals surface area contributed by atoms with Gasteiger partial charge in [0, 0.05) is 6.04 Å². The fraction of sp³-hybridized carbons (Fsp3) is 0.500. The Kier molecular flexibility index (Phi) is 2.59. The first-order valence-corrected chi connectivity index (χ1v) is 6.55. The number of benzene rings is 1. The predicted molar refractivity (Wildman–Crippen MR) is 62.4 cm³/mol. The summed E-state index contributed by atoms with van der Waals surface area (Å²) in [7, 11) is 0. The molecule has 0 spiro atoms. The van der Waals surface area contributed by atoms with Crippen molar-refractivity contribution in [2.24, 2.45) is 0 Å². The third kappa shape index (κ3) is 1.86. The largest absolute Gasteiger partial charge is 0.481 e. The molecule has 0 saturated carbocycles. The summed E-state index contributed by atoms with van der Waals surface area (Å²) in [6.07, 6.45) is 3.93. The van der Waals surface area contributed by atoms with Crippen molar-refractivity contribution in [1.29, 1.82) is 0 Å². The Morgan fingerprint density at radius 1 is 1.33 bits per heavy atom. The van der Waals surface area contributed by atoms with Gasteiger partial charge < -0.3 is 10.1 Å². The highest BCUT2D eigenvalue weighted by Crippen LogP contribution is 2.38. The number of rotatable bonds is 1. The average molecular weight is 221 g/mol. The van der Waals surface area contributed by atoms with Gasteiger partial charge in [-0.2, -0.15) is 0 Å². The third-order valence-electron chi connectivity index (χ3n) is 3.11. The van der Waals surface area contributed by atoms with Crippen LogP contribution in [0.25, 0.3) is 0 Å². The van der Waals surface area contributed by atoms with Gasteiger partial charge in [0.25, 0.3) is 0 Å². The number of fused-ring (bicyclic) bond motifs is 1. The molecule has 3 heteroatoms. The van der Waals surface area contributed by atoms with Crippen LogP contribution in [0.3, 0.4) is 0 Å². The minimum Gasteiger partial charge on any atom is -0.481 e. The van der Waals surface area contributed by atoms with Crippen molar-refractivity contribution < 1.29 is 4.74 Å². The first-order chi connectivity index (χ1) is 7.43. The van der Waals surface area contributed by atoms with Crippen LogP contribution >= 0.6 is 11.8 Å². The van der Waals surface area contributed by atoms with E-state index in [1.165, 1.54) is 29.7 Å². The van der Waals surface area contributed by atoms with E-state index >= 15 is 0 Å². The number of thioether (sulfide) groups is 1. The Morgan fingerprint density at radius 2 is 2.33 bits per heavy atom. The van der Waals surface area contributed by atoms with Gasteiger partial charge in [-0.15, -0.1) is 0 Å². The molecule has 2 nitrogen and oxygen atoms in total. The van der Waals surface area contributed by atoms with Gasteiger partial charge in [0.05, 0.1) is 4.90 Å². The summed E-state index contributed by atoms with van der Waals surface area (Å²) < 4.78 is 5.48. The standard InChI is InChI=1S/C12H15NOS/c1-2-6-13-10(3-1)9-4-5-11-12(7-9)15-8-14-11/h4-5,7,10,13H,1-3,6,8H2. The van der Waals surface area contributed by atoms with E-state index in [1.54, 1.807) is 11.8 Å². The van der Waals surface area contributed by atoms with Gasteiger partial charge in [-0.05, 0) is 37.1 Å². The maximum absolute atomic E-state index is 5.48. The Hall–Kier alpha value is -0.670. The molecule has 80 valence electrons. The van der Waals surface area contributed by atoms with Crippen molar-refractivity contribution in [2.45, 2.75) is 30.2 Å². The van der Waals surface area contributed by atoms with Gasteiger partial charge >= 0.3 is 0 Å². The fourth-order valence-electron chi connectivity index (χ4n) is 2.27. The van der Waals surface area contributed by atoms with E-state index in [0.717, 1.165) is 18.2 Å². The highest BCUT2D eigenvalue weighted by atomic mass is 32.2. The summed E-state index contributed by atoms with van der Waals surface area (Å²) in [6, 6.07) is 7.16. The van der Waals surface area contributed by atoms with Crippen LogP contribution in [0.1, 0.15) is 30.9 Å². The summed E-state index contributed by atoms with van der Waals surface area (Å²) in [5.41, 5.74) is 1.42. The molecule has 2 heterocycles. The van der Waals surface area contributed by atoms with Crippen molar-refractivity contribution in [3.8, 4) is 5.75 Å². The zero-order chi connectivity index (χ0) is 10.1. The molecule has 2 aliphatic rings. The van der Waals surface area contributed by atoms with E-state index in [2.05, 4.69) is 23.5 Å². The molecule has 1 aromatic carbocycles. The lowest BCUT2D eigenvalue weighted by molar-refractivity contribution is 0.394. The molecule has 1 unspecified atom stereocenters. The van der Waals surface area contributed by atoms with E-state index in [-0.39, 0.29) is 0 Å². The summed E-state index contributed by atoms with van der Waals surface area (Å²) in [5.74, 6) is 1.83. The molecule has 0 amide bonds. The van der Waals surface area contributed by atoms with Crippen LogP contribution in [-0.2, 0) is 0 Å². The van der Waals surface area contributed by atoms with Gasteiger partial charge in [0.1, 0.15) is 11.7 Å². The fourth-order valence-corrected chi connectivity index (χ4v) is 3.07. The first kappa shape index (κ1) is 9.55. The highest BCUT2D eigenvalue weighted by molar-refractivity contribution is 7.99. The molecule has 1 atom stereocenters. The van der Waals surface area contributed by atoms with E-state index < -0.39 is 0 Å². The van der Waals surface area contributed by atoms with Crippen LogP contribution in [0.2, 0.25) is 0 Å². The van der Waals surface area contributed by atoms with E-state index in [4.69, 9.17) is 4.74 Å². The van der Waals surface area contributed by atoms with Gasteiger partial charge in [0.15, 0.2) is 0 Å². The number of ether oxygens (including phenoxy) is 1.